The number of carbonyl (C=O) groups excluding carboxylic acids is 2. The number of rotatable bonds is 5. The van der Waals surface area contributed by atoms with E-state index in [9.17, 15) is 9.59 Å². The molecule has 0 aliphatic rings. The average Bonchev–Trinajstić information content (AvgIpc) is 3.10. The van der Waals surface area contributed by atoms with Gasteiger partial charge in [-0.2, -0.15) is 0 Å². The summed E-state index contributed by atoms with van der Waals surface area (Å²) < 4.78 is 7.27. The molecule has 0 N–H and O–H groups in total. The molecule has 0 bridgehead atoms. The van der Waals surface area contributed by atoms with Crippen LogP contribution >= 0.6 is 0 Å². The van der Waals surface area contributed by atoms with Crippen LogP contribution in [0.2, 0.25) is 0 Å². The lowest BCUT2D eigenvalue weighted by Gasteiger charge is -2.20. The summed E-state index contributed by atoms with van der Waals surface area (Å²) in [6.45, 7) is 10.6. The molecule has 0 radical (unpaired) electrons. The third-order valence-electron chi connectivity index (χ3n) is 5.30. The average molecular weight is 458 g/mol. The summed E-state index contributed by atoms with van der Waals surface area (Å²) in [6, 6.07) is 3.90. The molecule has 4 aromatic rings. The second kappa shape index (κ2) is 8.78. The summed E-state index contributed by atoms with van der Waals surface area (Å²) in [7, 11) is 0. The van der Waals surface area contributed by atoms with E-state index in [-0.39, 0.29) is 18.3 Å². The van der Waals surface area contributed by atoms with Gasteiger partial charge >= 0.3 is 5.97 Å². The number of hydrogen-bond donors (Lipinski definition) is 0. The van der Waals surface area contributed by atoms with E-state index in [1.165, 1.54) is 6.92 Å². The van der Waals surface area contributed by atoms with Crippen molar-refractivity contribution in [2.24, 2.45) is 0 Å². The van der Waals surface area contributed by atoms with E-state index in [1.807, 2.05) is 46.8 Å². The molecule has 0 fully saturated rings. The SMILES string of the molecule is CC(=O)c1cn(CC(=O)OC(C)(C)C)c2cc(-c3cnc(C)nc3)c(-c3cnc(C)nc3)cc12. The zero-order chi connectivity index (χ0) is 24.6. The zero-order valence-corrected chi connectivity index (χ0v) is 20.2. The standard InChI is InChI=1S/C26H27N5O3/c1-15(32)23-13-31(14-25(33)34-26(4,5)6)24-8-21(19-11-29-17(3)30-12-19)20(7-22(23)24)18-9-27-16(2)28-10-18/h7-13H,14H2,1-6H3. The fourth-order valence-corrected chi connectivity index (χ4v) is 3.80. The highest BCUT2D eigenvalue weighted by Crippen LogP contribution is 2.37. The van der Waals surface area contributed by atoms with Crippen molar-refractivity contribution in [3.05, 3.63) is 60.3 Å². The van der Waals surface area contributed by atoms with Crippen LogP contribution in [0.1, 0.15) is 49.7 Å². The topological polar surface area (TPSA) is 99.9 Å². The lowest BCUT2D eigenvalue weighted by atomic mass is 9.94. The summed E-state index contributed by atoms with van der Waals surface area (Å²) in [6.07, 6.45) is 8.74. The van der Waals surface area contributed by atoms with Crippen LogP contribution in [0.3, 0.4) is 0 Å². The fraction of sp³-hybridized carbons (Fsp3) is 0.308. The summed E-state index contributed by atoms with van der Waals surface area (Å²) in [5.74, 6) is 0.858. The Labute approximate surface area is 198 Å². The number of ether oxygens (including phenoxy) is 1. The van der Waals surface area contributed by atoms with Gasteiger partial charge in [0.2, 0.25) is 0 Å². The van der Waals surface area contributed by atoms with Gasteiger partial charge in [0.05, 0.1) is 0 Å². The molecular weight excluding hydrogens is 430 g/mol. The van der Waals surface area contributed by atoms with E-state index in [4.69, 9.17) is 4.74 Å². The molecule has 0 spiro atoms. The summed E-state index contributed by atoms with van der Waals surface area (Å²) in [4.78, 5) is 42.5. The molecule has 4 rings (SSSR count). The minimum atomic E-state index is -0.605. The van der Waals surface area contributed by atoms with E-state index < -0.39 is 5.60 Å². The monoisotopic (exact) mass is 457 g/mol. The molecule has 0 aliphatic carbocycles. The van der Waals surface area contributed by atoms with Gasteiger partial charge in [-0.05, 0) is 64.8 Å². The van der Waals surface area contributed by atoms with Crippen molar-refractivity contribution in [3.8, 4) is 22.3 Å². The molecule has 0 atom stereocenters. The third-order valence-corrected chi connectivity index (χ3v) is 5.30. The van der Waals surface area contributed by atoms with Gasteiger partial charge in [0.25, 0.3) is 0 Å². The molecule has 3 heterocycles. The van der Waals surface area contributed by atoms with Gasteiger partial charge in [0.1, 0.15) is 23.8 Å². The second-order valence-electron chi connectivity index (χ2n) is 9.27. The number of aromatic nitrogens is 5. The van der Waals surface area contributed by atoms with Gasteiger partial charge in [-0.25, -0.2) is 19.9 Å². The minimum absolute atomic E-state index is 0.0160. The quantitative estimate of drug-likeness (QED) is 0.316. The molecule has 0 saturated carbocycles. The fourth-order valence-electron chi connectivity index (χ4n) is 3.80. The molecule has 1 aromatic carbocycles. The van der Waals surface area contributed by atoms with Crippen LogP contribution in [0.5, 0.6) is 0 Å². The molecule has 34 heavy (non-hydrogen) atoms. The summed E-state index contributed by atoms with van der Waals surface area (Å²) in [5.41, 5.74) is 3.96. The van der Waals surface area contributed by atoms with Crippen LogP contribution in [0.15, 0.2) is 43.1 Å². The van der Waals surface area contributed by atoms with Crippen LogP contribution < -0.4 is 0 Å². The largest absolute Gasteiger partial charge is 0.459 e. The van der Waals surface area contributed by atoms with Crippen LogP contribution in [0.4, 0.5) is 0 Å². The Hall–Kier alpha value is -3.94. The third kappa shape index (κ3) is 4.85. The van der Waals surface area contributed by atoms with Crippen LogP contribution in [-0.4, -0.2) is 41.9 Å². The van der Waals surface area contributed by atoms with Crippen LogP contribution in [0, 0.1) is 13.8 Å². The molecule has 174 valence electrons. The molecule has 3 aromatic heterocycles. The lowest BCUT2D eigenvalue weighted by Crippen LogP contribution is -2.26. The van der Waals surface area contributed by atoms with Crippen molar-refractivity contribution in [3.63, 3.8) is 0 Å². The number of benzene rings is 1. The Morgan fingerprint density at radius 2 is 1.38 bits per heavy atom. The Kier molecular flexibility index (Phi) is 6.00. The predicted octanol–water partition coefficient (Wildman–Crippen LogP) is 4.72. The van der Waals surface area contributed by atoms with E-state index in [2.05, 4.69) is 19.9 Å². The van der Waals surface area contributed by atoms with Crippen molar-refractivity contribution in [2.75, 3.05) is 0 Å². The Morgan fingerprint density at radius 1 is 0.882 bits per heavy atom. The maximum Gasteiger partial charge on any atom is 0.326 e. The van der Waals surface area contributed by atoms with Crippen molar-refractivity contribution < 1.29 is 14.3 Å². The first-order valence-electron chi connectivity index (χ1n) is 11.0. The first-order valence-corrected chi connectivity index (χ1v) is 11.0. The highest BCUT2D eigenvalue weighted by Gasteiger charge is 2.21. The molecule has 0 aliphatic heterocycles. The van der Waals surface area contributed by atoms with E-state index in [1.54, 1.807) is 35.6 Å². The number of fused-ring (bicyclic) bond motifs is 1. The molecule has 0 amide bonds. The second-order valence-corrected chi connectivity index (χ2v) is 9.27. The molecular formula is C26H27N5O3. The van der Waals surface area contributed by atoms with Crippen molar-refractivity contribution >= 4 is 22.7 Å². The highest BCUT2D eigenvalue weighted by atomic mass is 16.6. The van der Waals surface area contributed by atoms with Gasteiger partial charge in [-0.1, -0.05) is 0 Å². The molecule has 8 heteroatoms. The number of hydrogen-bond acceptors (Lipinski definition) is 7. The molecule has 0 unspecified atom stereocenters. The first kappa shape index (κ1) is 23.2. The number of carbonyl (C=O) groups is 2. The first-order chi connectivity index (χ1) is 16.0. The number of aryl methyl sites for hydroxylation is 2. The normalized spacial score (nSPS) is 11.6. The molecule has 0 saturated heterocycles. The van der Waals surface area contributed by atoms with Crippen molar-refractivity contribution in [1.29, 1.82) is 0 Å². The Bertz CT molecular complexity index is 1380. The predicted molar refractivity (Wildman–Crippen MR) is 129 cm³/mol. The lowest BCUT2D eigenvalue weighted by molar-refractivity contribution is -0.155. The minimum Gasteiger partial charge on any atom is -0.459 e. The van der Waals surface area contributed by atoms with Gasteiger partial charge in [0.15, 0.2) is 5.78 Å². The van der Waals surface area contributed by atoms with Gasteiger partial charge in [0, 0.05) is 58.6 Å². The maximum atomic E-state index is 12.6. The number of esters is 1. The van der Waals surface area contributed by atoms with Crippen LogP contribution in [-0.2, 0) is 16.1 Å². The van der Waals surface area contributed by atoms with Gasteiger partial charge in [-0.3, -0.25) is 9.59 Å². The summed E-state index contributed by atoms with van der Waals surface area (Å²) >= 11 is 0. The van der Waals surface area contributed by atoms with E-state index in [0.29, 0.717) is 17.2 Å². The zero-order valence-electron chi connectivity index (χ0n) is 20.2. The number of Topliss-reactive ketones (excluding diaryl/α,β-unsaturated/α-hetero) is 1. The van der Waals surface area contributed by atoms with Crippen LogP contribution in [0.25, 0.3) is 33.2 Å². The summed E-state index contributed by atoms with van der Waals surface area (Å²) in [5, 5.41) is 0.739. The van der Waals surface area contributed by atoms with Gasteiger partial charge < -0.3 is 9.30 Å². The van der Waals surface area contributed by atoms with Crippen molar-refractivity contribution in [1.82, 2.24) is 24.5 Å². The highest BCUT2D eigenvalue weighted by molar-refractivity contribution is 6.09. The maximum absolute atomic E-state index is 12.6. The van der Waals surface area contributed by atoms with E-state index >= 15 is 0 Å². The number of ketones is 1. The smallest absolute Gasteiger partial charge is 0.326 e. The Balaban J connectivity index is 1.95. The number of nitrogens with zero attached hydrogens (tertiary/aromatic N) is 5. The van der Waals surface area contributed by atoms with Crippen molar-refractivity contribution in [2.45, 2.75) is 53.7 Å². The van der Waals surface area contributed by atoms with E-state index in [0.717, 1.165) is 33.2 Å². The van der Waals surface area contributed by atoms with Gasteiger partial charge in [-0.15, -0.1) is 0 Å². The molecule has 8 nitrogen and oxygen atoms in total. The Morgan fingerprint density at radius 3 is 1.85 bits per heavy atom.